The highest BCUT2D eigenvalue weighted by atomic mass is 35.5. The van der Waals surface area contributed by atoms with Crippen LogP contribution in [0.1, 0.15) is 12.0 Å². The number of hydrogen-bond acceptors (Lipinski definition) is 4. The third-order valence-corrected chi connectivity index (χ3v) is 4.63. The van der Waals surface area contributed by atoms with Crippen LogP contribution in [-0.2, 0) is 23.1 Å². The van der Waals surface area contributed by atoms with Crippen LogP contribution in [0.2, 0.25) is 0 Å². The van der Waals surface area contributed by atoms with Gasteiger partial charge in [0.25, 0.3) is 0 Å². The summed E-state index contributed by atoms with van der Waals surface area (Å²) in [4.78, 5) is 23.7. The van der Waals surface area contributed by atoms with Gasteiger partial charge in [-0.2, -0.15) is 11.8 Å². The van der Waals surface area contributed by atoms with Crippen LogP contribution in [0.25, 0.3) is 10.9 Å². The summed E-state index contributed by atoms with van der Waals surface area (Å²) in [5.41, 5.74) is 7.73. The Morgan fingerprint density at radius 1 is 1.36 bits per heavy atom. The topological polar surface area (TPSA) is 97.4 Å². The standard InChI is InChI=1S/C17H23N3O3S.ClH/c1-20-10-11(12-5-3-4-6-15(12)20)9-14(17(22)23)19-16(21)13(18)7-8-24-2;/h3-6,10,13-14H,7-9,18H2,1-2H3,(H,19,21)(H,22,23);1H/t13-,14+;/m0./s1. The van der Waals surface area contributed by atoms with E-state index in [1.54, 1.807) is 11.8 Å². The first-order chi connectivity index (χ1) is 11.4. The van der Waals surface area contributed by atoms with E-state index in [-0.39, 0.29) is 18.8 Å². The van der Waals surface area contributed by atoms with E-state index in [1.807, 2.05) is 48.3 Å². The number of benzene rings is 1. The molecule has 6 nitrogen and oxygen atoms in total. The van der Waals surface area contributed by atoms with E-state index < -0.39 is 24.0 Å². The predicted molar refractivity (Wildman–Crippen MR) is 104 cm³/mol. The minimum Gasteiger partial charge on any atom is -0.480 e. The molecule has 1 aromatic heterocycles. The van der Waals surface area contributed by atoms with Crippen LogP contribution < -0.4 is 11.1 Å². The Kier molecular flexibility index (Phi) is 8.28. The summed E-state index contributed by atoms with van der Waals surface area (Å²) in [5, 5.41) is 13.0. The second kappa shape index (κ2) is 9.70. The molecule has 25 heavy (non-hydrogen) atoms. The highest BCUT2D eigenvalue weighted by molar-refractivity contribution is 7.98. The van der Waals surface area contributed by atoms with Crippen LogP contribution in [0.15, 0.2) is 30.5 Å². The maximum absolute atomic E-state index is 12.1. The zero-order valence-electron chi connectivity index (χ0n) is 14.3. The molecule has 2 rings (SSSR count). The minimum atomic E-state index is -1.06. The number of amides is 1. The number of carboxylic acid groups (broad SMARTS) is 1. The molecule has 138 valence electrons. The van der Waals surface area contributed by atoms with Crippen molar-refractivity contribution in [1.82, 2.24) is 9.88 Å². The Balaban J connectivity index is 0.00000312. The van der Waals surface area contributed by atoms with Crippen LogP contribution in [0.4, 0.5) is 0 Å². The number of aromatic nitrogens is 1. The van der Waals surface area contributed by atoms with E-state index in [9.17, 15) is 14.7 Å². The number of thioether (sulfide) groups is 1. The molecule has 0 aliphatic heterocycles. The summed E-state index contributed by atoms with van der Waals surface area (Å²) >= 11 is 1.60. The number of carbonyl (C=O) groups is 2. The maximum Gasteiger partial charge on any atom is 0.326 e. The van der Waals surface area contributed by atoms with Crippen molar-refractivity contribution in [3.63, 3.8) is 0 Å². The van der Waals surface area contributed by atoms with E-state index >= 15 is 0 Å². The van der Waals surface area contributed by atoms with E-state index in [2.05, 4.69) is 5.32 Å². The molecule has 1 amide bonds. The first-order valence-electron chi connectivity index (χ1n) is 7.74. The minimum absolute atomic E-state index is 0. The van der Waals surface area contributed by atoms with Crippen LogP contribution in [-0.4, -0.2) is 45.6 Å². The number of hydrogen-bond donors (Lipinski definition) is 3. The Bertz CT molecular complexity index is 735. The molecule has 0 unspecified atom stereocenters. The molecular weight excluding hydrogens is 362 g/mol. The van der Waals surface area contributed by atoms with Crippen LogP contribution in [0.5, 0.6) is 0 Å². The van der Waals surface area contributed by atoms with Gasteiger partial charge in [-0.25, -0.2) is 4.79 Å². The molecular formula is C17H24ClN3O3S. The Labute approximate surface area is 157 Å². The van der Waals surface area contributed by atoms with Gasteiger partial charge in [0.15, 0.2) is 0 Å². The van der Waals surface area contributed by atoms with Crippen molar-refractivity contribution >= 4 is 46.9 Å². The summed E-state index contributed by atoms with van der Waals surface area (Å²) in [7, 11) is 1.92. The first kappa shape index (κ1) is 21.3. The first-order valence-corrected chi connectivity index (χ1v) is 9.14. The number of aliphatic carboxylic acids is 1. The number of para-hydroxylation sites is 1. The molecule has 1 heterocycles. The van der Waals surface area contributed by atoms with E-state index in [0.717, 1.165) is 22.2 Å². The van der Waals surface area contributed by atoms with Gasteiger partial charge in [0.1, 0.15) is 6.04 Å². The number of fused-ring (bicyclic) bond motifs is 1. The van der Waals surface area contributed by atoms with Gasteiger partial charge in [-0.3, -0.25) is 4.79 Å². The summed E-state index contributed by atoms with van der Waals surface area (Å²) in [6, 6.07) is 6.10. The fourth-order valence-electron chi connectivity index (χ4n) is 2.66. The second-order valence-corrected chi connectivity index (χ2v) is 6.76. The van der Waals surface area contributed by atoms with E-state index in [4.69, 9.17) is 5.73 Å². The van der Waals surface area contributed by atoms with Gasteiger partial charge in [0.2, 0.25) is 5.91 Å². The monoisotopic (exact) mass is 385 g/mol. The lowest BCUT2D eigenvalue weighted by Crippen LogP contribution is -2.49. The smallest absolute Gasteiger partial charge is 0.326 e. The zero-order valence-corrected chi connectivity index (χ0v) is 15.9. The Morgan fingerprint density at radius 3 is 2.68 bits per heavy atom. The van der Waals surface area contributed by atoms with Crippen molar-refractivity contribution in [2.45, 2.75) is 24.9 Å². The quantitative estimate of drug-likeness (QED) is 0.643. The van der Waals surface area contributed by atoms with Crippen molar-refractivity contribution in [2.24, 2.45) is 12.8 Å². The van der Waals surface area contributed by atoms with Gasteiger partial charge in [-0.05, 0) is 30.1 Å². The third kappa shape index (κ3) is 5.39. The van der Waals surface area contributed by atoms with Crippen LogP contribution in [0, 0.1) is 0 Å². The number of carboxylic acids is 1. The number of halogens is 1. The molecule has 0 fully saturated rings. The fourth-order valence-corrected chi connectivity index (χ4v) is 3.15. The van der Waals surface area contributed by atoms with Crippen molar-refractivity contribution in [3.8, 4) is 0 Å². The second-order valence-electron chi connectivity index (χ2n) is 5.77. The number of rotatable bonds is 8. The highest BCUT2D eigenvalue weighted by Crippen LogP contribution is 2.21. The van der Waals surface area contributed by atoms with Gasteiger partial charge < -0.3 is 20.7 Å². The van der Waals surface area contributed by atoms with Crippen molar-refractivity contribution in [2.75, 3.05) is 12.0 Å². The lowest BCUT2D eigenvalue weighted by molar-refractivity contribution is -0.142. The number of nitrogens with zero attached hydrogens (tertiary/aromatic N) is 1. The van der Waals surface area contributed by atoms with Crippen LogP contribution >= 0.6 is 24.2 Å². The summed E-state index contributed by atoms with van der Waals surface area (Å²) < 4.78 is 1.95. The summed E-state index contributed by atoms with van der Waals surface area (Å²) in [6.45, 7) is 0. The SMILES string of the molecule is CSCC[C@H](N)C(=O)N[C@H](Cc1cn(C)c2ccccc12)C(=O)O.Cl. The van der Waals surface area contributed by atoms with Gasteiger partial charge >= 0.3 is 5.97 Å². The van der Waals surface area contributed by atoms with Gasteiger partial charge in [-0.1, -0.05) is 18.2 Å². The van der Waals surface area contributed by atoms with Gasteiger partial charge in [-0.15, -0.1) is 12.4 Å². The molecule has 8 heteroatoms. The average Bonchev–Trinajstić information content (AvgIpc) is 2.88. The molecule has 0 spiro atoms. The normalized spacial score (nSPS) is 13.1. The Morgan fingerprint density at radius 2 is 2.04 bits per heavy atom. The largest absolute Gasteiger partial charge is 0.480 e. The Hall–Kier alpha value is -1.70. The van der Waals surface area contributed by atoms with E-state index in [1.165, 1.54) is 0 Å². The molecule has 2 aromatic rings. The highest BCUT2D eigenvalue weighted by Gasteiger charge is 2.24. The number of nitrogens with two attached hydrogens (primary N) is 1. The number of aryl methyl sites for hydroxylation is 1. The molecule has 2 atom stereocenters. The summed E-state index contributed by atoms with van der Waals surface area (Å²) in [6.07, 6.45) is 4.58. The van der Waals surface area contributed by atoms with E-state index in [0.29, 0.717) is 6.42 Å². The molecule has 0 aliphatic carbocycles. The van der Waals surface area contributed by atoms with Crippen molar-refractivity contribution in [3.05, 3.63) is 36.0 Å². The maximum atomic E-state index is 12.1. The van der Waals surface area contributed by atoms with Gasteiger partial charge in [0.05, 0.1) is 6.04 Å². The predicted octanol–water partition coefficient (Wildman–Crippen LogP) is 1.79. The molecule has 1 aromatic carbocycles. The fraction of sp³-hybridized carbons (Fsp3) is 0.412. The van der Waals surface area contributed by atoms with Crippen LogP contribution in [0.3, 0.4) is 0 Å². The lowest BCUT2D eigenvalue weighted by atomic mass is 10.0. The zero-order chi connectivity index (χ0) is 17.7. The summed E-state index contributed by atoms with van der Waals surface area (Å²) in [5.74, 6) is -0.722. The molecule has 0 bridgehead atoms. The molecule has 0 saturated carbocycles. The molecule has 0 saturated heterocycles. The van der Waals surface area contributed by atoms with Gasteiger partial charge in [0, 0.05) is 30.6 Å². The number of carbonyl (C=O) groups excluding carboxylic acids is 1. The number of nitrogens with one attached hydrogen (secondary N) is 1. The molecule has 0 aliphatic rings. The van der Waals surface area contributed by atoms with Crippen molar-refractivity contribution < 1.29 is 14.7 Å². The third-order valence-electron chi connectivity index (χ3n) is 3.99. The average molecular weight is 386 g/mol. The van der Waals surface area contributed by atoms with Crippen molar-refractivity contribution in [1.29, 1.82) is 0 Å². The molecule has 4 N–H and O–H groups in total. The molecule has 0 radical (unpaired) electrons. The lowest BCUT2D eigenvalue weighted by Gasteiger charge is -2.17.